The van der Waals surface area contributed by atoms with Crippen molar-refractivity contribution in [3.63, 3.8) is 0 Å². The molecule has 2 amide bonds. The van der Waals surface area contributed by atoms with Crippen molar-refractivity contribution >= 4 is 44.5 Å². The second kappa shape index (κ2) is 9.05. The first-order valence-corrected chi connectivity index (χ1v) is 10.2. The zero-order chi connectivity index (χ0) is 21.8. The number of halogens is 2. The maximum atomic E-state index is 13.3. The van der Waals surface area contributed by atoms with Crippen LogP contribution in [0.4, 0.5) is 10.1 Å². The first-order chi connectivity index (χ1) is 15.0. The van der Waals surface area contributed by atoms with Gasteiger partial charge >= 0.3 is 0 Å². The van der Waals surface area contributed by atoms with Crippen LogP contribution in [0.5, 0.6) is 0 Å². The van der Waals surface area contributed by atoms with Crippen molar-refractivity contribution in [3.8, 4) is 5.82 Å². The molecule has 2 aromatic carbocycles. The van der Waals surface area contributed by atoms with Gasteiger partial charge in [-0.05, 0) is 58.4 Å². The molecule has 2 heterocycles. The van der Waals surface area contributed by atoms with Crippen LogP contribution in [0, 0.1) is 5.82 Å². The standard InChI is InChI=1S/C22H17BrFN5O2/c23-17-7-5-14(24)11-16(17)22(31)25-10-9-21(30)28-15-6-8-20(26-12-15)29-13-27-18-3-1-2-4-19(18)29/h1-8,11-13H,9-10H2,(H,25,31)(H,28,30). The molecule has 0 atom stereocenters. The number of aromatic nitrogens is 3. The lowest BCUT2D eigenvalue weighted by atomic mass is 10.2. The molecule has 2 aromatic heterocycles. The Labute approximate surface area is 185 Å². The number of rotatable bonds is 6. The van der Waals surface area contributed by atoms with Crippen LogP contribution in [0.15, 0.2) is 71.6 Å². The molecule has 31 heavy (non-hydrogen) atoms. The summed E-state index contributed by atoms with van der Waals surface area (Å²) in [5.41, 5.74) is 2.52. The maximum absolute atomic E-state index is 13.3. The topological polar surface area (TPSA) is 88.9 Å². The highest BCUT2D eigenvalue weighted by Crippen LogP contribution is 2.18. The Hall–Kier alpha value is -3.59. The normalized spacial score (nSPS) is 10.8. The Bertz CT molecular complexity index is 1260. The number of para-hydroxylation sites is 2. The minimum absolute atomic E-state index is 0.0621. The number of hydrogen-bond donors (Lipinski definition) is 2. The van der Waals surface area contributed by atoms with E-state index >= 15 is 0 Å². The molecule has 0 fully saturated rings. The first kappa shape index (κ1) is 20.7. The third-order valence-corrected chi connectivity index (χ3v) is 5.23. The van der Waals surface area contributed by atoms with Gasteiger partial charge in [0.1, 0.15) is 18.0 Å². The molecule has 0 saturated carbocycles. The van der Waals surface area contributed by atoms with E-state index in [1.54, 1.807) is 24.7 Å². The largest absolute Gasteiger partial charge is 0.351 e. The maximum Gasteiger partial charge on any atom is 0.252 e. The molecule has 0 spiro atoms. The summed E-state index contributed by atoms with van der Waals surface area (Å²) < 4.78 is 15.7. The average molecular weight is 482 g/mol. The number of carbonyl (C=O) groups excluding carboxylic acids is 2. The monoisotopic (exact) mass is 481 g/mol. The Morgan fingerprint density at radius 2 is 1.90 bits per heavy atom. The highest BCUT2D eigenvalue weighted by Gasteiger charge is 2.12. The van der Waals surface area contributed by atoms with Gasteiger partial charge in [-0.15, -0.1) is 0 Å². The van der Waals surface area contributed by atoms with Crippen molar-refractivity contribution < 1.29 is 14.0 Å². The van der Waals surface area contributed by atoms with Crippen molar-refractivity contribution in [1.82, 2.24) is 19.9 Å². The molecule has 7 nitrogen and oxygen atoms in total. The van der Waals surface area contributed by atoms with Crippen molar-refractivity contribution in [3.05, 3.63) is 83.0 Å². The van der Waals surface area contributed by atoms with Gasteiger partial charge in [0, 0.05) is 17.4 Å². The number of fused-ring (bicyclic) bond motifs is 1. The fraction of sp³-hybridized carbons (Fsp3) is 0.0909. The van der Waals surface area contributed by atoms with Crippen LogP contribution in [-0.2, 0) is 4.79 Å². The van der Waals surface area contributed by atoms with E-state index < -0.39 is 11.7 Å². The van der Waals surface area contributed by atoms with E-state index in [4.69, 9.17) is 0 Å². The molecule has 9 heteroatoms. The van der Waals surface area contributed by atoms with Crippen molar-refractivity contribution in [2.24, 2.45) is 0 Å². The van der Waals surface area contributed by atoms with Gasteiger partial charge < -0.3 is 10.6 Å². The van der Waals surface area contributed by atoms with E-state index in [-0.39, 0.29) is 24.4 Å². The lowest BCUT2D eigenvalue weighted by molar-refractivity contribution is -0.116. The molecule has 2 N–H and O–H groups in total. The molecule has 4 rings (SSSR count). The van der Waals surface area contributed by atoms with Crippen molar-refractivity contribution in [1.29, 1.82) is 0 Å². The SMILES string of the molecule is O=C(CCNC(=O)c1cc(F)ccc1Br)Nc1ccc(-n2cnc3ccccc32)nc1. The predicted molar refractivity (Wildman–Crippen MR) is 119 cm³/mol. The Kier molecular flexibility index (Phi) is 6.03. The average Bonchev–Trinajstić information content (AvgIpc) is 3.20. The summed E-state index contributed by atoms with van der Waals surface area (Å²) in [6.07, 6.45) is 3.32. The van der Waals surface area contributed by atoms with E-state index in [1.165, 1.54) is 12.1 Å². The van der Waals surface area contributed by atoms with Crippen LogP contribution in [0.25, 0.3) is 16.9 Å². The van der Waals surface area contributed by atoms with E-state index in [9.17, 15) is 14.0 Å². The minimum atomic E-state index is -0.509. The fourth-order valence-corrected chi connectivity index (χ4v) is 3.45. The lowest BCUT2D eigenvalue weighted by Gasteiger charge is -2.09. The first-order valence-electron chi connectivity index (χ1n) is 9.43. The van der Waals surface area contributed by atoms with E-state index in [1.807, 2.05) is 28.8 Å². The van der Waals surface area contributed by atoms with E-state index in [2.05, 4.69) is 36.5 Å². The number of nitrogens with one attached hydrogen (secondary N) is 2. The van der Waals surface area contributed by atoms with Gasteiger partial charge in [0.2, 0.25) is 5.91 Å². The van der Waals surface area contributed by atoms with Gasteiger partial charge in [0.25, 0.3) is 5.91 Å². The molecule has 0 unspecified atom stereocenters. The van der Waals surface area contributed by atoms with Crippen LogP contribution in [0.2, 0.25) is 0 Å². The van der Waals surface area contributed by atoms with Crippen LogP contribution in [0.1, 0.15) is 16.8 Å². The number of nitrogens with zero attached hydrogens (tertiary/aromatic N) is 3. The van der Waals surface area contributed by atoms with Gasteiger partial charge in [-0.25, -0.2) is 14.4 Å². The molecule has 0 aliphatic heterocycles. The summed E-state index contributed by atoms with van der Waals surface area (Å²) in [6.45, 7) is 0.111. The summed E-state index contributed by atoms with van der Waals surface area (Å²) in [5, 5.41) is 5.34. The Balaban J connectivity index is 1.32. The van der Waals surface area contributed by atoms with Gasteiger partial charge in [-0.3, -0.25) is 14.2 Å². The summed E-state index contributed by atoms with van der Waals surface area (Å²) >= 11 is 3.21. The highest BCUT2D eigenvalue weighted by molar-refractivity contribution is 9.10. The predicted octanol–water partition coefficient (Wildman–Crippen LogP) is 4.08. The molecule has 0 aliphatic carbocycles. The summed E-state index contributed by atoms with van der Waals surface area (Å²) in [5.74, 6) is -0.565. The quantitative estimate of drug-likeness (QED) is 0.434. The fourth-order valence-electron chi connectivity index (χ4n) is 3.02. The third-order valence-electron chi connectivity index (χ3n) is 4.54. The Morgan fingerprint density at radius 1 is 1.06 bits per heavy atom. The third kappa shape index (κ3) is 4.77. The molecule has 0 saturated heterocycles. The van der Waals surface area contributed by atoms with Crippen molar-refractivity contribution in [2.75, 3.05) is 11.9 Å². The zero-order valence-corrected chi connectivity index (χ0v) is 17.8. The highest BCUT2D eigenvalue weighted by atomic mass is 79.9. The number of benzene rings is 2. The van der Waals surface area contributed by atoms with E-state index in [0.717, 1.165) is 17.1 Å². The van der Waals surface area contributed by atoms with Crippen molar-refractivity contribution in [2.45, 2.75) is 6.42 Å². The van der Waals surface area contributed by atoms with Crippen LogP contribution in [-0.4, -0.2) is 32.9 Å². The molecular formula is C22H17BrFN5O2. The van der Waals surface area contributed by atoms with E-state index in [0.29, 0.717) is 16.0 Å². The summed E-state index contributed by atoms with van der Waals surface area (Å²) in [4.78, 5) is 33.0. The number of amides is 2. The smallest absolute Gasteiger partial charge is 0.252 e. The van der Waals surface area contributed by atoms with Crippen LogP contribution < -0.4 is 10.6 Å². The second-order valence-electron chi connectivity index (χ2n) is 6.69. The summed E-state index contributed by atoms with van der Waals surface area (Å²) in [7, 11) is 0. The molecule has 0 bridgehead atoms. The van der Waals surface area contributed by atoms with Crippen LogP contribution >= 0.6 is 15.9 Å². The molecular weight excluding hydrogens is 465 g/mol. The zero-order valence-electron chi connectivity index (χ0n) is 16.2. The molecule has 4 aromatic rings. The number of pyridine rings is 1. The number of hydrogen-bond acceptors (Lipinski definition) is 4. The second-order valence-corrected chi connectivity index (χ2v) is 7.54. The number of imidazole rings is 1. The van der Waals surface area contributed by atoms with Gasteiger partial charge in [-0.1, -0.05) is 12.1 Å². The Morgan fingerprint density at radius 3 is 2.71 bits per heavy atom. The van der Waals surface area contributed by atoms with Gasteiger partial charge in [-0.2, -0.15) is 0 Å². The summed E-state index contributed by atoms with van der Waals surface area (Å²) in [6, 6.07) is 15.1. The van der Waals surface area contributed by atoms with Gasteiger partial charge in [0.15, 0.2) is 0 Å². The molecule has 0 aliphatic rings. The molecule has 0 radical (unpaired) electrons. The minimum Gasteiger partial charge on any atom is -0.351 e. The molecule has 156 valence electrons. The van der Waals surface area contributed by atoms with Gasteiger partial charge in [0.05, 0.1) is 28.5 Å². The number of anilines is 1. The lowest BCUT2D eigenvalue weighted by Crippen LogP contribution is -2.28. The van der Waals surface area contributed by atoms with Crippen LogP contribution in [0.3, 0.4) is 0 Å². The number of carbonyl (C=O) groups is 2.